The Morgan fingerprint density at radius 3 is 2.30 bits per heavy atom. The SMILES string of the molecule is CC1(C)CCC(c2ccccc2C2CCCCN2)CC1. The predicted octanol–water partition coefficient (Wildman–Crippen LogP) is 5.19. The number of hydrogen-bond acceptors (Lipinski definition) is 1. The van der Waals surface area contributed by atoms with Gasteiger partial charge in [0.2, 0.25) is 0 Å². The van der Waals surface area contributed by atoms with Crippen molar-refractivity contribution >= 4 is 0 Å². The van der Waals surface area contributed by atoms with Crippen LogP contribution in [-0.2, 0) is 0 Å². The van der Waals surface area contributed by atoms with E-state index in [1.165, 1.54) is 51.5 Å². The summed E-state index contributed by atoms with van der Waals surface area (Å²) in [6.07, 6.45) is 9.54. The fourth-order valence-electron chi connectivity index (χ4n) is 4.03. The molecule has 1 heterocycles. The quantitative estimate of drug-likeness (QED) is 0.781. The molecule has 1 saturated heterocycles. The van der Waals surface area contributed by atoms with E-state index < -0.39 is 0 Å². The van der Waals surface area contributed by atoms with E-state index in [9.17, 15) is 0 Å². The standard InChI is InChI=1S/C19H29N/c1-19(2)12-10-15(11-13-19)16-7-3-4-8-17(16)18-9-5-6-14-20-18/h3-4,7-8,15,18,20H,5-6,9-14H2,1-2H3. The molecule has 20 heavy (non-hydrogen) atoms. The monoisotopic (exact) mass is 271 g/mol. The van der Waals surface area contributed by atoms with E-state index in [0.29, 0.717) is 11.5 Å². The van der Waals surface area contributed by atoms with Crippen LogP contribution < -0.4 is 5.32 Å². The summed E-state index contributed by atoms with van der Waals surface area (Å²) < 4.78 is 0. The molecule has 0 bridgehead atoms. The van der Waals surface area contributed by atoms with Gasteiger partial charge in [0.05, 0.1) is 0 Å². The summed E-state index contributed by atoms with van der Waals surface area (Å²) in [5.74, 6) is 0.794. The molecule has 0 aromatic heterocycles. The molecule has 1 unspecified atom stereocenters. The van der Waals surface area contributed by atoms with Crippen molar-refractivity contribution in [2.45, 2.75) is 70.8 Å². The van der Waals surface area contributed by atoms with E-state index in [0.717, 1.165) is 5.92 Å². The molecule has 110 valence electrons. The lowest BCUT2D eigenvalue weighted by molar-refractivity contribution is 0.223. The maximum atomic E-state index is 3.73. The molecule has 0 amide bonds. The zero-order valence-electron chi connectivity index (χ0n) is 13.1. The van der Waals surface area contributed by atoms with Crippen molar-refractivity contribution in [1.82, 2.24) is 5.32 Å². The first-order chi connectivity index (χ1) is 9.66. The van der Waals surface area contributed by atoms with Crippen LogP contribution in [0.1, 0.15) is 81.9 Å². The molecule has 0 radical (unpaired) electrons. The number of hydrogen-bond donors (Lipinski definition) is 1. The molecule has 3 rings (SSSR count). The van der Waals surface area contributed by atoms with Gasteiger partial charge in [-0.15, -0.1) is 0 Å². The highest BCUT2D eigenvalue weighted by molar-refractivity contribution is 5.33. The third kappa shape index (κ3) is 3.09. The van der Waals surface area contributed by atoms with E-state index >= 15 is 0 Å². The fraction of sp³-hybridized carbons (Fsp3) is 0.684. The van der Waals surface area contributed by atoms with Crippen LogP contribution >= 0.6 is 0 Å². The molecule has 1 aliphatic heterocycles. The van der Waals surface area contributed by atoms with Crippen molar-refractivity contribution in [3.63, 3.8) is 0 Å². The molecule has 2 fully saturated rings. The second-order valence-electron chi connectivity index (χ2n) is 7.57. The lowest BCUT2D eigenvalue weighted by Gasteiger charge is -2.36. The summed E-state index contributed by atoms with van der Waals surface area (Å²) in [4.78, 5) is 0. The van der Waals surface area contributed by atoms with Gasteiger partial charge in [0.1, 0.15) is 0 Å². The number of benzene rings is 1. The van der Waals surface area contributed by atoms with Gasteiger partial charge in [0.25, 0.3) is 0 Å². The molecule has 1 saturated carbocycles. The second kappa shape index (κ2) is 5.89. The van der Waals surface area contributed by atoms with Gasteiger partial charge in [-0.05, 0) is 67.5 Å². The molecule has 2 aliphatic rings. The van der Waals surface area contributed by atoms with E-state index in [4.69, 9.17) is 0 Å². The van der Waals surface area contributed by atoms with Crippen molar-refractivity contribution in [1.29, 1.82) is 0 Å². The third-order valence-corrected chi connectivity index (χ3v) is 5.46. The highest BCUT2D eigenvalue weighted by atomic mass is 14.9. The summed E-state index contributed by atoms with van der Waals surface area (Å²) in [6.45, 7) is 6.05. The molecular formula is C19H29N. The molecule has 1 nitrogen and oxygen atoms in total. The van der Waals surface area contributed by atoms with E-state index in [-0.39, 0.29) is 0 Å². The minimum atomic E-state index is 0.564. The van der Waals surface area contributed by atoms with Gasteiger partial charge in [-0.1, -0.05) is 44.5 Å². The van der Waals surface area contributed by atoms with Crippen molar-refractivity contribution < 1.29 is 0 Å². The summed E-state index contributed by atoms with van der Waals surface area (Å²) in [7, 11) is 0. The smallest absolute Gasteiger partial charge is 0.0323 e. The lowest BCUT2D eigenvalue weighted by Crippen LogP contribution is -2.28. The summed E-state index contributed by atoms with van der Waals surface area (Å²) >= 11 is 0. The lowest BCUT2D eigenvalue weighted by atomic mass is 9.70. The minimum Gasteiger partial charge on any atom is -0.310 e. The first-order valence-corrected chi connectivity index (χ1v) is 8.48. The molecular weight excluding hydrogens is 242 g/mol. The number of nitrogens with one attached hydrogen (secondary N) is 1. The molecule has 1 N–H and O–H groups in total. The van der Waals surface area contributed by atoms with Gasteiger partial charge in [-0.2, -0.15) is 0 Å². The Morgan fingerprint density at radius 2 is 1.65 bits per heavy atom. The zero-order valence-corrected chi connectivity index (χ0v) is 13.1. The Labute approximate surface area is 124 Å². The van der Waals surface area contributed by atoms with E-state index in [1.807, 2.05) is 0 Å². The number of piperidine rings is 1. The van der Waals surface area contributed by atoms with E-state index in [2.05, 4.69) is 43.4 Å². The second-order valence-corrected chi connectivity index (χ2v) is 7.57. The summed E-state index contributed by atoms with van der Waals surface area (Å²) in [6, 6.07) is 9.84. The molecule has 1 aromatic rings. The Balaban J connectivity index is 1.79. The maximum absolute atomic E-state index is 3.73. The van der Waals surface area contributed by atoms with Gasteiger partial charge >= 0.3 is 0 Å². The predicted molar refractivity (Wildman–Crippen MR) is 86.0 cm³/mol. The molecule has 0 spiro atoms. The van der Waals surface area contributed by atoms with E-state index in [1.54, 1.807) is 11.1 Å². The first kappa shape index (κ1) is 14.1. The average Bonchev–Trinajstić information content (AvgIpc) is 2.48. The zero-order chi connectivity index (χ0) is 14.0. The van der Waals surface area contributed by atoms with Gasteiger partial charge in [0.15, 0.2) is 0 Å². The van der Waals surface area contributed by atoms with Crippen LogP contribution in [0.2, 0.25) is 0 Å². The highest BCUT2D eigenvalue weighted by Crippen LogP contribution is 2.44. The van der Waals surface area contributed by atoms with Crippen LogP contribution in [0.3, 0.4) is 0 Å². The third-order valence-electron chi connectivity index (χ3n) is 5.46. The van der Waals surface area contributed by atoms with Crippen LogP contribution in [-0.4, -0.2) is 6.54 Å². The van der Waals surface area contributed by atoms with Crippen LogP contribution in [0.4, 0.5) is 0 Å². The van der Waals surface area contributed by atoms with Crippen LogP contribution in [0.15, 0.2) is 24.3 Å². The molecule has 1 atom stereocenters. The van der Waals surface area contributed by atoms with Crippen LogP contribution in [0.25, 0.3) is 0 Å². The number of rotatable bonds is 2. The maximum Gasteiger partial charge on any atom is 0.0323 e. The van der Waals surface area contributed by atoms with Crippen molar-refractivity contribution in [3.05, 3.63) is 35.4 Å². The molecule has 1 aliphatic carbocycles. The van der Waals surface area contributed by atoms with Gasteiger partial charge < -0.3 is 5.32 Å². The van der Waals surface area contributed by atoms with Crippen molar-refractivity contribution in [3.8, 4) is 0 Å². The van der Waals surface area contributed by atoms with Gasteiger partial charge in [-0.3, -0.25) is 0 Å². The fourth-order valence-corrected chi connectivity index (χ4v) is 4.03. The average molecular weight is 271 g/mol. The highest BCUT2D eigenvalue weighted by Gasteiger charge is 2.29. The summed E-state index contributed by atoms with van der Waals surface area (Å²) in [5.41, 5.74) is 3.80. The Hall–Kier alpha value is -0.820. The minimum absolute atomic E-state index is 0.564. The van der Waals surface area contributed by atoms with Crippen LogP contribution in [0.5, 0.6) is 0 Å². The normalized spacial score (nSPS) is 27.4. The van der Waals surface area contributed by atoms with Crippen LogP contribution in [0, 0.1) is 5.41 Å². The van der Waals surface area contributed by atoms with Gasteiger partial charge in [0, 0.05) is 6.04 Å². The van der Waals surface area contributed by atoms with Gasteiger partial charge in [-0.25, -0.2) is 0 Å². The molecule has 1 aromatic carbocycles. The first-order valence-electron chi connectivity index (χ1n) is 8.48. The topological polar surface area (TPSA) is 12.0 Å². The Kier molecular flexibility index (Phi) is 4.16. The summed E-state index contributed by atoms with van der Waals surface area (Å²) in [5, 5.41) is 3.73. The Morgan fingerprint density at radius 1 is 0.950 bits per heavy atom. The van der Waals surface area contributed by atoms with Crippen molar-refractivity contribution in [2.24, 2.45) is 5.41 Å². The Bertz CT molecular complexity index is 433. The largest absolute Gasteiger partial charge is 0.310 e. The molecule has 1 heteroatoms. The van der Waals surface area contributed by atoms with Crippen molar-refractivity contribution in [2.75, 3.05) is 6.54 Å².